The summed E-state index contributed by atoms with van der Waals surface area (Å²) in [5.41, 5.74) is 0.993. The van der Waals surface area contributed by atoms with Crippen LogP contribution in [0.3, 0.4) is 0 Å². The minimum Gasteiger partial charge on any atom is -0.341 e. The van der Waals surface area contributed by atoms with Crippen LogP contribution >= 0.6 is 12.4 Å². The maximum absolute atomic E-state index is 13.1. The third kappa shape index (κ3) is 7.03. The molecular formula is C20H34ClN3O3S. The van der Waals surface area contributed by atoms with Crippen molar-refractivity contribution in [2.24, 2.45) is 11.8 Å². The molecule has 1 saturated heterocycles. The van der Waals surface area contributed by atoms with Gasteiger partial charge in [-0.3, -0.25) is 4.79 Å². The number of aryl methyl sites for hydroxylation is 1. The molecule has 0 bridgehead atoms. The second kappa shape index (κ2) is 11.1. The quantitative estimate of drug-likeness (QED) is 0.663. The van der Waals surface area contributed by atoms with Crippen LogP contribution in [0.1, 0.15) is 38.7 Å². The lowest BCUT2D eigenvalue weighted by molar-refractivity contribution is -0.135. The lowest BCUT2D eigenvalue weighted by atomic mass is 9.96. The highest BCUT2D eigenvalue weighted by Gasteiger charge is 2.32. The van der Waals surface area contributed by atoms with Gasteiger partial charge >= 0.3 is 0 Å². The molecular weight excluding hydrogens is 398 g/mol. The lowest BCUT2D eigenvalue weighted by Crippen LogP contribution is -2.52. The zero-order valence-corrected chi connectivity index (χ0v) is 18.9. The van der Waals surface area contributed by atoms with Crippen LogP contribution in [-0.4, -0.2) is 51.9 Å². The third-order valence-corrected chi connectivity index (χ3v) is 6.44. The SMILES string of the molecule is CNCC1CCCN(C(=O)C(CC(C)C)NS(=O)(=O)c2ccc(C)cc2)C1.Cl. The average molecular weight is 432 g/mol. The van der Waals surface area contributed by atoms with Gasteiger partial charge in [-0.2, -0.15) is 4.72 Å². The van der Waals surface area contributed by atoms with Gasteiger partial charge < -0.3 is 10.2 Å². The van der Waals surface area contributed by atoms with Crippen LogP contribution < -0.4 is 10.0 Å². The largest absolute Gasteiger partial charge is 0.341 e. The fourth-order valence-corrected chi connectivity index (χ4v) is 4.79. The van der Waals surface area contributed by atoms with Gasteiger partial charge in [0.15, 0.2) is 0 Å². The smallest absolute Gasteiger partial charge is 0.241 e. The second-order valence-electron chi connectivity index (χ2n) is 7.97. The topological polar surface area (TPSA) is 78.5 Å². The van der Waals surface area contributed by atoms with Crippen LogP contribution in [0.25, 0.3) is 0 Å². The van der Waals surface area contributed by atoms with Gasteiger partial charge in [0.2, 0.25) is 15.9 Å². The van der Waals surface area contributed by atoms with E-state index in [1.807, 2.05) is 32.7 Å². The summed E-state index contributed by atoms with van der Waals surface area (Å²) >= 11 is 0. The van der Waals surface area contributed by atoms with Crippen molar-refractivity contribution >= 4 is 28.3 Å². The van der Waals surface area contributed by atoms with E-state index in [1.165, 1.54) is 0 Å². The molecule has 1 fully saturated rings. The molecule has 1 aliphatic heterocycles. The first-order valence-corrected chi connectivity index (χ1v) is 11.2. The van der Waals surface area contributed by atoms with Gasteiger partial charge in [-0.25, -0.2) is 8.42 Å². The first-order chi connectivity index (χ1) is 12.7. The highest BCUT2D eigenvalue weighted by molar-refractivity contribution is 7.89. The Kier molecular flexibility index (Phi) is 9.90. The molecule has 0 aliphatic carbocycles. The molecule has 0 radical (unpaired) electrons. The van der Waals surface area contributed by atoms with Gasteiger partial charge in [0.1, 0.15) is 6.04 Å². The number of carbonyl (C=O) groups is 1. The van der Waals surface area contributed by atoms with Gasteiger partial charge in [0.25, 0.3) is 0 Å². The zero-order chi connectivity index (χ0) is 20.0. The van der Waals surface area contributed by atoms with E-state index in [2.05, 4.69) is 10.0 Å². The Morgan fingerprint density at radius 1 is 1.25 bits per heavy atom. The zero-order valence-electron chi connectivity index (χ0n) is 17.3. The van der Waals surface area contributed by atoms with E-state index < -0.39 is 16.1 Å². The number of rotatable bonds is 8. The second-order valence-corrected chi connectivity index (χ2v) is 9.68. The van der Waals surface area contributed by atoms with Gasteiger partial charge in [0.05, 0.1) is 4.90 Å². The van der Waals surface area contributed by atoms with Gasteiger partial charge in [0, 0.05) is 13.1 Å². The van der Waals surface area contributed by atoms with Crippen LogP contribution in [0, 0.1) is 18.8 Å². The number of benzene rings is 1. The van der Waals surface area contributed by atoms with Gasteiger partial charge in [-0.05, 0) is 63.7 Å². The monoisotopic (exact) mass is 431 g/mol. The van der Waals surface area contributed by atoms with E-state index in [1.54, 1.807) is 24.3 Å². The van der Waals surface area contributed by atoms with E-state index in [0.717, 1.165) is 24.9 Å². The molecule has 0 aromatic heterocycles. The normalized spacial score (nSPS) is 18.6. The summed E-state index contributed by atoms with van der Waals surface area (Å²) in [6, 6.07) is 5.96. The molecule has 2 N–H and O–H groups in total. The van der Waals surface area contributed by atoms with Crippen molar-refractivity contribution in [2.45, 2.75) is 51.0 Å². The Balaban J connectivity index is 0.00000392. The maximum atomic E-state index is 13.1. The maximum Gasteiger partial charge on any atom is 0.241 e. The molecule has 6 nitrogen and oxygen atoms in total. The Morgan fingerprint density at radius 2 is 1.89 bits per heavy atom. The lowest BCUT2D eigenvalue weighted by Gasteiger charge is -2.35. The highest BCUT2D eigenvalue weighted by atomic mass is 35.5. The van der Waals surface area contributed by atoms with E-state index in [4.69, 9.17) is 0 Å². The summed E-state index contributed by atoms with van der Waals surface area (Å²) in [6.07, 6.45) is 2.53. The molecule has 2 unspecified atom stereocenters. The van der Waals surface area contributed by atoms with Crippen molar-refractivity contribution in [3.63, 3.8) is 0 Å². The number of amides is 1. The van der Waals surface area contributed by atoms with E-state index in [-0.39, 0.29) is 29.1 Å². The predicted octanol–water partition coefficient (Wildman–Crippen LogP) is 2.57. The Morgan fingerprint density at radius 3 is 2.46 bits per heavy atom. The number of nitrogens with zero attached hydrogens (tertiary/aromatic N) is 1. The number of sulfonamides is 1. The molecule has 1 aromatic rings. The van der Waals surface area contributed by atoms with Gasteiger partial charge in [-0.1, -0.05) is 31.5 Å². The number of likely N-dealkylation sites (tertiary alicyclic amines) is 1. The summed E-state index contributed by atoms with van der Waals surface area (Å²) in [5.74, 6) is 0.513. The van der Waals surface area contributed by atoms with Crippen molar-refractivity contribution in [3.05, 3.63) is 29.8 Å². The molecule has 1 aliphatic rings. The van der Waals surface area contributed by atoms with Crippen LogP contribution in [0.5, 0.6) is 0 Å². The Bertz CT molecular complexity index is 721. The standard InChI is InChI=1S/C20H33N3O3S.ClH/c1-15(2)12-19(20(24)23-11-5-6-17(14-23)13-21-4)22-27(25,26)18-9-7-16(3)8-10-18;/h7-10,15,17,19,21-22H,5-6,11-14H2,1-4H3;1H. The molecule has 1 amide bonds. The molecule has 2 rings (SSSR count). The summed E-state index contributed by atoms with van der Waals surface area (Å²) in [7, 11) is -1.82. The van der Waals surface area contributed by atoms with Crippen molar-refractivity contribution < 1.29 is 13.2 Å². The highest BCUT2D eigenvalue weighted by Crippen LogP contribution is 2.20. The summed E-state index contributed by atoms with van der Waals surface area (Å²) in [6.45, 7) is 8.15. The number of piperidine rings is 1. The minimum absolute atomic E-state index is 0. The molecule has 2 atom stereocenters. The number of carbonyl (C=O) groups excluding carboxylic acids is 1. The van der Waals surface area contributed by atoms with Crippen molar-refractivity contribution in [2.75, 3.05) is 26.7 Å². The third-order valence-electron chi connectivity index (χ3n) is 4.96. The van der Waals surface area contributed by atoms with E-state index in [9.17, 15) is 13.2 Å². The fourth-order valence-electron chi connectivity index (χ4n) is 3.58. The van der Waals surface area contributed by atoms with Crippen LogP contribution in [-0.2, 0) is 14.8 Å². The van der Waals surface area contributed by atoms with E-state index >= 15 is 0 Å². The first-order valence-electron chi connectivity index (χ1n) is 9.75. The van der Waals surface area contributed by atoms with Crippen molar-refractivity contribution in [1.82, 2.24) is 14.9 Å². The molecule has 1 heterocycles. The van der Waals surface area contributed by atoms with Crippen molar-refractivity contribution in [3.8, 4) is 0 Å². The fraction of sp³-hybridized carbons (Fsp3) is 0.650. The molecule has 8 heteroatoms. The van der Waals surface area contributed by atoms with Crippen molar-refractivity contribution in [1.29, 1.82) is 0 Å². The predicted molar refractivity (Wildman–Crippen MR) is 115 cm³/mol. The number of nitrogens with one attached hydrogen (secondary N) is 2. The molecule has 0 saturated carbocycles. The summed E-state index contributed by atoms with van der Waals surface area (Å²) < 4.78 is 28.3. The molecule has 28 heavy (non-hydrogen) atoms. The molecule has 1 aromatic carbocycles. The Hall–Kier alpha value is -1.15. The van der Waals surface area contributed by atoms with E-state index in [0.29, 0.717) is 25.4 Å². The molecule has 0 spiro atoms. The first kappa shape index (κ1) is 24.9. The summed E-state index contributed by atoms with van der Waals surface area (Å²) in [5, 5.41) is 3.17. The van der Waals surface area contributed by atoms with Crippen LogP contribution in [0.4, 0.5) is 0 Å². The summed E-state index contributed by atoms with van der Waals surface area (Å²) in [4.78, 5) is 15.2. The number of hydrogen-bond acceptors (Lipinski definition) is 4. The van der Waals surface area contributed by atoms with Crippen LogP contribution in [0.15, 0.2) is 29.2 Å². The minimum atomic E-state index is -3.74. The number of hydrogen-bond donors (Lipinski definition) is 2. The van der Waals surface area contributed by atoms with Gasteiger partial charge in [-0.15, -0.1) is 12.4 Å². The molecule has 160 valence electrons. The average Bonchev–Trinajstić information content (AvgIpc) is 2.61. The Labute approximate surface area is 175 Å². The number of halogens is 1. The van der Waals surface area contributed by atoms with Crippen LogP contribution in [0.2, 0.25) is 0 Å².